The fourth-order valence-corrected chi connectivity index (χ4v) is 3.54. The van der Waals surface area contributed by atoms with Gasteiger partial charge >= 0.3 is 10.1 Å². The third-order valence-corrected chi connectivity index (χ3v) is 5.57. The summed E-state index contributed by atoms with van der Waals surface area (Å²) >= 11 is 3.41. The van der Waals surface area contributed by atoms with Gasteiger partial charge in [0.2, 0.25) is 0 Å². The van der Waals surface area contributed by atoms with Gasteiger partial charge < -0.3 is 8.92 Å². The number of hydrogen-bond donors (Lipinski definition) is 0. The fourth-order valence-electron chi connectivity index (χ4n) is 2.26. The van der Waals surface area contributed by atoms with Crippen LogP contribution < -0.4 is 8.92 Å². The highest BCUT2D eigenvalue weighted by Crippen LogP contribution is 2.31. The summed E-state index contributed by atoms with van der Waals surface area (Å²) in [6.45, 7) is 2.26. The van der Waals surface area contributed by atoms with Crippen LogP contribution in [0.5, 0.6) is 11.5 Å². The lowest BCUT2D eigenvalue weighted by atomic mass is 10.2. The van der Waals surface area contributed by atoms with Crippen molar-refractivity contribution in [1.82, 2.24) is 0 Å². The second kappa shape index (κ2) is 7.93. The van der Waals surface area contributed by atoms with Gasteiger partial charge in [0, 0.05) is 6.07 Å². The summed E-state index contributed by atoms with van der Waals surface area (Å²) in [5.74, 6) is 0.697. The minimum atomic E-state index is -3.90. The molecule has 0 spiro atoms. The van der Waals surface area contributed by atoms with Gasteiger partial charge in [0.15, 0.2) is 0 Å². The molecule has 4 nitrogen and oxygen atoms in total. The van der Waals surface area contributed by atoms with Crippen molar-refractivity contribution in [3.05, 3.63) is 88.4 Å². The average Bonchev–Trinajstić information content (AvgIpc) is 2.63. The van der Waals surface area contributed by atoms with Crippen molar-refractivity contribution in [2.75, 3.05) is 0 Å². The lowest BCUT2D eigenvalue weighted by Gasteiger charge is -2.11. The molecule has 0 N–H and O–H groups in total. The first-order valence-corrected chi connectivity index (χ1v) is 10.1. The van der Waals surface area contributed by atoms with Crippen LogP contribution in [0.2, 0.25) is 0 Å². The summed E-state index contributed by atoms with van der Waals surface area (Å²) in [6.07, 6.45) is 0. The first-order chi connectivity index (χ1) is 12.4. The molecule has 0 unspecified atom stereocenters. The van der Waals surface area contributed by atoms with E-state index in [0.29, 0.717) is 16.8 Å². The molecule has 0 aliphatic rings. The summed E-state index contributed by atoms with van der Waals surface area (Å²) in [7, 11) is -3.90. The Kier molecular flexibility index (Phi) is 5.64. The summed E-state index contributed by atoms with van der Waals surface area (Å²) in [5, 5.41) is 0. The lowest BCUT2D eigenvalue weighted by molar-refractivity contribution is 0.303. The van der Waals surface area contributed by atoms with E-state index in [1.807, 2.05) is 37.3 Å². The predicted molar refractivity (Wildman–Crippen MR) is 104 cm³/mol. The zero-order valence-electron chi connectivity index (χ0n) is 14.1. The van der Waals surface area contributed by atoms with Crippen molar-refractivity contribution in [2.24, 2.45) is 0 Å². The highest BCUT2D eigenvalue weighted by molar-refractivity contribution is 9.10. The molecule has 0 saturated heterocycles. The summed E-state index contributed by atoms with van der Waals surface area (Å²) in [6, 6.07) is 21.0. The van der Waals surface area contributed by atoms with Crippen LogP contribution in [0.25, 0.3) is 0 Å². The van der Waals surface area contributed by atoms with Crippen LogP contribution in [0.1, 0.15) is 11.1 Å². The first-order valence-electron chi connectivity index (χ1n) is 7.91. The number of benzene rings is 3. The number of hydrogen-bond acceptors (Lipinski definition) is 4. The molecule has 134 valence electrons. The largest absolute Gasteiger partial charge is 0.488 e. The molecule has 3 aromatic rings. The number of halogens is 1. The van der Waals surface area contributed by atoms with Gasteiger partial charge in [-0.05, 0) is 52.7 Å². The van der Waals surface area contributed by atoms with Gasteiger partial charge in [-0.3, -0.25) is 0 Å². The molecular weight excluding hydrogens is 416 g/mol. The van der Waals surface area contributed by atoms with Crippen LogP contribution in [0.15, 0.2) is 82.2 Å². The lowest BCUT2D eigenvalue weighted by Crippen LogP contribution is -2.09. The molecule has 0 aromatic heterocycles. The normalized spacial score (nSPS) is 11.2. The van der Waals surface area contributed by atoms with Crippen LogP contribution in [0.3, 0.4) is 0 Å². The maximum atomic E-state index is 12.4. The molecule has 0 heterocycles. The van der Waals surface area contributed by atoms with E-state index in [0.717, 1.165) is 11.1 Å². The van der Waals surface area contributed by atoms with Crippen LogP contribution in [0, 0.1) is 6.92 Å². The van der Waals surface area contributed by atoms with Crippen molar-refractivity contribution >= 4 is 26.0 Å². The third kappa shape index (κ3) is 4.65. The van der Waals surface area contributed by atoms with Crippen LogP contribution in [-0.2, 0) is 16.7 Å². The molecule has 0 bridgehead atoms. The number of ether oxygens (including phenoxy) is 1. The molecule has 26 heavy (non-hydrogen) atoms. The molecule has 6 heteroatoms. The third-order valence-electron chi connectivity index (χ3n) is 3.66. The Hall–Kier alpha value is -2.31. The summed E-state index contributed by atoms with van der Waals surface area (Å²) in [5.41, 5.74) is 1.99. The van der Waals surface area contributed by atoms with Gasteiger partial charge in [-0.25, -0.2) is 0 Å². The Labute approximate surface area is 161 Å². The van der Waals surface area contributed by atoms with Crippen molar-refractivity contribution in [2.45, 2.75) is 18.4 Å². The molecule has 0 aliphatic carbocycles. The van der Waals surface area contributed by atoms with E-state index in [-0.39, 0.29) is 10.6 Å². The minimum Gasteiger partial charge on any atom is -0.488 e. The molecule has 0 fully saturated rings. The zero-order chi connectivity index (χ0) is 18.6. The molecular formula is C20H17BrO4S. The highest BCUT2D eigenvalue weighted by Gasteiger charge is 2.17. The van der Waals surface area contributed by atoms with Crippen molar-refractivity contribution < 1.29 is 17.3 Å². The highest BCUT2D eigenvalue weighted by atomic mass is 79.9. The molecule has 0 radical (unpaired) electrons. The van der Waals surface area contributed by atoms with Crippen LogP contribution >= 0.6 is 15.9 Å². The molecule has 3 aromatic carbocycles. The van der Waals surface area contributed by atoms with E-state index in [1.54, 1.807) is 30.3 Å². The number of rotatable bonds is 6. The zero-order valence-corrected chi connectivity index (χ0v) is 16.5. The van der Waals surface area contributed by atoms with Gasteiger partial charge in [-0.15, -0.1) is 0 Å². The van der Waals surface area contributed by atoms with Gasteiger partial charge in [0.05, 0.1) is 4.47 Å². The number of aryl methyl sites for hydroxylation is 1. The van der Waals surface area contributed by atoms with Crippen LogP contribution in [-0.4, -0.2) is 8.42 Å². The van der Waals surface area contributed by atoms with E-state index < -0.39 is 10.1 Å². The van der Waals surface area contributed by atoms with Crippen molar-refractivity contribution in [3.8, 4) is 11.5 Å². The quantitative estimate of drug-likeness (QED) is 0.508. The van der Waals surface area contributed by atoms with E-state index in [2.05, 4.69) is 15.9 Å². The standard InChI is InChI=1S/C20H17BrO4S/c1-15-7-10-18(11-8-15)26(22,23)25-17-9-12-19(21)20(13-17)24-14-16-5-3-2-4-6-16/h2-13H,14H2,1H3. The van der Waals surface area contributed by atoms with E-state index in [1.165, 1.54) is 12.1 Å². The maximum Gasteiger partial charge on any atom is 0.339 e. The van der Waals surface area contributed by atoms with Crippen molar-refractivity contribution in [1.29, 1.82) is 0 Å². The van der Waals surface area contributed by atoms with E-state index in [9.17, 15) is 8.42 Å². The topological polar surface area (TPSA) is 52.6 Å². The smallest absolute Gasteiger partial charge is 0.339 e. The van der Waals surface area contributed by atoms with Crippen LogP contribution in [0.4, 0.5) is 0 Å². The second-order valence-electron chi connectivity index (χ2n) is 5.72. The molecule has 3 rings (SSSR count). The average molecular weight is 433 g/mol. The van der Waals surface area contributed by atoms with E-state index in [4.69, 9.17) is 8.92 Å². The first kappa shape index (κ1) is 18.5. The molecule has 0 saturated carbocycles. The van der Waals surface area contributed by atoms with Gasteiger partial charge in [0.25, 0.3) is 0 Å². The molecule has 0 amide bonds. The van der Waals surface area contributed by atoms with Crippen molar-refractivity contribution in [3.63, 3.8) is 0 Å². The summed E-state index contributed by atoms with van der Waals surface area (Å²) < 4.78 is 36.6. The SMILES string of the molecule is Cc1ccc(S(=O)(=O)Oc2ccc(Br)c(OCc3ccccc3)c2)cc1. The van der Waals surface area contributed by atoms with Gasteiger partial charge in [-0.1, -0.05) is 48.0 Å². The Bertz CT molecular complexity index is 984. The monoisotopic (exact) mass is 432 g/mol. The molecule has 0 aliphatic heterocycles. The maximum absolute atomic E-state index is 12.4. The molecule has 0 atom stereocenters. The van der Waals surface area contributed by atoms with Gasteiger partial charge in [-0.2, -0.15) is 8.42 Å². The van der Waals surface area contributed by atoms with E-state index >= 15 is 0 Å². The Morgan fingerprint density at radius 3 is 2.31 bits per heavy atom. The Morgan fingerprint density at radius 2 is 1.62 bits per heavy atom. The summed E-state index contributed by atoms with van der Waals surface area (Å²) in [4.78, 5) is 0.109. The Morgan fingerprint density at radius 1 is 0.923 bits per heavy atom. The Balaban J connectivity index is 1.77. The fraction of sp³-hybridized carbons (Fsp3) is 0.100. The second-order valence-corrected chi connectivity index (χ2v) is 8.12. The minimum absolute atomic E-state index is 0.109. The van der Waals surface area contributed by atoms with Gasteiger partial charge in [0.1, 0.15) is 23.0 Å². The predicted octanol–water partition coefficient (Wildman–Crippen LogP) is 5.10.